The topological polar surface area (TPSA) is 0 Å². The Bertz CT molecular complexity index is 164. The van der Waals surface area contributed by atoms with Crippen LogP contribution in [0.5, 0.6) is 0 Å². The molecule has 0 saturated heterocycles. The Morgan fingerprint density at radius 1 is 1.07 bits per heavy atom. The van der Waals surface area contributed by atoms with E-state index in [4.69, 9.17) is 0 Å². The van der Waals surface area contributed by atoms with Crippen LogP contribution < -0.4 is 0 Å². The third-order valence-corrected chi connectivity index (χ3v) is 8.71. The van der Waals surface area contributed by atoms with Crippen LogP contribution in [0.2, 0.25) is 24.7 Å². The molecule has 0 N–H and O–H groups in total. The maximum Gasteiger partial charge on any atom is 0.0507 e. The lowest BCUT2D eigenvalue weighted by atomic mass is 9.90. The first-order valence-electron chi connectivity index (χ1n) is 6.42. The highest BCUT2D eigenvalue weighted by molar-refractivity contribution is 6.78. The molecule has 0 aromatic carbocycles. The Labute approximate surface area is 91.5 Å². The number of hydrogen-bond donors (Lipinski definition) is 0. The maximum atomic E-state index is 2.62. The summed E-state index contributed by atoms with van der Waals surface area (Å²) in [7, 11) is -0.895. The predicted octanol–water partition coefficient (Wildman–Crippen LogP) is 4.93. The van der Waals surface area contributed by atoms with Crippen molar-refractivity contribution in [3.05, 3.63) is 0 Å². The van der Waals surface area contributed by atoms with Gasteiger partial charge in [0.25, 0.3) is 0 Å². The van der Waals surface area contributed by atoms with Crippen molar-refractivity contribution in [2.24, 2.45) is 11.8 Å². The van der Waals surface area contributed by atoms with E-state index < -0.39 is 8.07 Å². The third kappa shape index (κ3) is 3.41. The number of hydrogen-bond acceptors (Lipinski definition) is 0. The summed E-state index contributed by atoms with van der Waals surface area (Å²) >= 11 is 0. The zero-order valence-electron chi connectivity index (χ0n) is 10.8. The third-order valence-electron chi connectivity index (χ3n) is 4.06. The molecule has 0 heterocycles. The lowest BCUT2D eigenvalue weighted by molar-refractivity contribution is 0.377. The molecule has 0 radical (unpaired) electrons. The van der Waals surface area contributed by atoms with E-state index in [-0.39, 0.29) is 0 Å². The molecule has 1 aliphatic carbocycles. The fourth-order valence-corrected chi connectivity index (χ4v) is 7.59. The first-order valence-corrected chi connectivity index (χ1v) is 9.70. The van der Waals surface area contributed by atoms with Gasteiger partial charge in [-0.1, -0.05) is 65.6 Å². The van der Waals surface area contributed by atoms with Gasteiger partial charge < -0.3 is 0 Å². The molecule has 0 aromatic heterocycles. The predicted molar refractivity (Wildman–Crippen MR) is 68.5 cm³/mol. The van der Waals surface area contributed by atoms with E-state index in [1.807, 2.05) is 0 Å². The maximum absolute atomic E-state index is 2.62. The second kappa shape index (κ2) is 4.83. The summed E-state index contributed by atoms with van der Waals surface area (Å²) in [5.41, 5.74) is 1.13. The van der Waals surface area contributed by atoms with Gasteiger partial charge in [0.15, 0.2) is 0 Å². The molecular weight excluding hydrogens is 184 g/mol. The average Bonchev–Trinajstić information content (AvgIpc) is 2.02. The second-order valence-electron chi connectivity index (χ2n) is 6.54. The molecule has 1 fully saturated rings. The zero-order chi connectivity index (χ0) is 10.8. The van der Waals surface area contributed by atoms with Crippen LogP contribution in [0.1, 0.15) is 46.5 Å². The van der Waals surface area contributed by atoms with Crippen molar-refractivity contribution in [2.45, 2.75) is 71.1 Å². The molecule has 0 aromatic rings. The van der Waals surface area contributed by atoms with Crippen LogP contribution in [0.25, 0.3) is 0 Å². The molecule has 0 spiro atoms. The molecule has 0 atom stereocenters. The molecule has 0 aliphatic heterocycles. The molecule has 0 bridgehead atoms. The zero-order valence-corrected chi connectivity index (χ0v) is 11.8. The molecule has 84 valence electrons. The van der Waals surface area contributed by atoms with Crippen molar-refractivity contribution in [3.63, 3.8) is 0 Å². The molecule has 14 heavy (non-hydrogen) atoms. The second-order valence-corrected chi connectivity index (χ2v) is 11.7. The minimum Gasteiger partial charge on any atom is -0.0691 e. The van der Waals surface area contributed by atoms with Crippen LogP contribution in [0.15, 0.2) is 0 Å². The van der Waals surface area contributed by atoms with Gasteiger partial charge in [0.05, 0.1) is 8.07 Å². The van der Waals surface area contributed by atoms with Gasteiger partial charge in [0.1, 0.15) is 0 Å². The summed E-state index contributed by atoms with van der Waals surface area (Å²) in [6.07, 6.45) is 6.07. The summed E-state index contributed by atoms with van der Waals surface area (Å²) in [5, 5.41) is 0. The van der Waals surface area contributed by atoms with E-state index in [1.165, 1.54) is 31.7 Å². The van der Waals surface area contributed by atoms with Gasteiger partial charge in [-0.3, -0.25) is 0 Å². The van der Waals surface area contributed by atoms with Crippen molar-refractivity contribution in [1.29, 1.82) is 0 Å². The van der Waals surface area contributed by atoms with Crippen molar-refractivity contribution in [3.8, 4) is 0 Å². The monoisotopic (exact) mass is 212 g/mol. The summed E-state index contributed by atoms with van der Waals surface area (Å²) in [4.78, 5) is 0. The molecule has 1 heteroatoms. The van der Waals surface area contributed by atoms with Gasteiger partial charge in [-0.2, -0.15) is 0 Å². The van der Waals surface area contributed by atoms with E-state index >= 15 is 0 Å². The average molecular weight is 212 g/mol. The first kappa shape index (κ1) is 12.3. The van der Waals surface area contributed by atoms with Crippen molar-refractivity contribution in [2.75, 3.05) is 0 Å². The minimum absolute atomic E-state index is 0.895. The van der Waals surface area contributed by atoms with Gasteiger partial charge in [0, 0.05) is 0 Å². The van der Waals surface area contributed by atoms with Gasteiger partial charge in [-0.25, -0.2) is 0 Å². The fraction of sp³-hybridized carbons (Fsp3) is 1.00. The Hall–Kier alpha value is 0.217. The van der Waals surface area contributed by atoms with Crippen molar-refractivity contribution in [1.82, 2.24) is 0 Å². The Kier molecular flexibility index (Phi) is 4.24. The van der Waals surface area contributed by atoms with Crippen LogP contribution in [0.4, 0.5) is 0 Å². The van der Waals surface area contributed by atoms with Crippen LogP contribution in [0.3, 0.4) is 0 Å². The molecular formula is C13H28Si. The van der Waals surface area contributed by atoms with Crippen molar-refractivity contribution < 1.29 is 0 Å². The molecule has 1 rings (SSSR count). The van der Waals surface area contributed by atoms with Gasteiger partial charge in [0.2, 0.25) is 0 Å². The quantitative estimate of drug-likeness (QED) is 0.582. The molecule has 0 amide bonds. The largest absolute Gasteiger partial charge is 0.0691 e. The molecule has 1 aliphatic rings. The van der Waals surface area contributed by atoms with Gasteiger partial charge in [-0.05, 0) is 17.4 Å². The molecule has 0 nitrogen and oxygen atoms in total. The lowest BCUT2D eigenvalue weighted by Gasteiger charge is -2.38. The van der Waals surface area contributed by atoms with Crippen LogP contribution in [-0.2, 0) is 0 Å². The first-order chi connectivity index (χ1) is 6.42. The van der Waals surface area contributed by atoms with Crippen molar-refractivity contribution >= 4 is 8.07 Å². The summed E-state index contributed by atoms with van der Waals surface area (Å²) in [5.74, 6) is 1.92. The molecule has 0 unspecified atom stereocenters. The Balaban J connectivity index is 2.46. The lowest BCUT2D eigenvalue weighted by Crippen LogP contribution is -2.35. The van der Waals surface area contributed by atoms with E-state index in [9.17, 15) is 0 Å². The van der Waals surface area contributed by atoms with E-state index in [0.717, 1.165) is 17.4 Å². The fourth-order valence-electron chi connectivity index (χ4n) is 3.26. The van der Waals surface area contributed by atoms with Gasteiger partial charge >= 0.3 is 0 Å². The SMILES string of the molecule is CC(C)C[Si](C)(C)C1CCC(C)CC1. The standard InChI is InChI=1S/C13H28Si/c1-11(2)10-14(4,5)13-8-6-12(3)7-9-13/h11-13H,6-10H2,1-5H3. The van der Waals surface area contributed by atoms with E-state index in [2.05, 4.69) is 33.9 Å². The summed E-state index contributed by atoms with van der Waals surface area (Å²) in [6, 6.07) is 1.53. The Morgan fingerprint density at radius 2 is 1.57 bits per heavy atom. The van der Waals surface area contributed by atoms with Crippen LogP contribution >= 0.6 is 0 Å². The van der Waals surface area contributed by atoms with Crippen LogP contribution in [0, 0.1) is 11.8 Å². The Morgan fingerprint density at radius 3 is 2.00 bits per heavy atom. The minimum atomic E-state index is -0.895. The van der Waals surface area contributed by atoms with Gasteiger partial charge in [-0.15, -0.1) is 0 Å². The highest BCUT2D eigenvalue weighted by Gasteiger charge is 2.34. The highest BCUT2D eigenvalue weighted by atomic mass is 28.3. The normalized spacial score (nSPS) is 29.6. The summed E-state index contributed by atoms with van der Waals surface area (Å²) in [6.45, 7) is 12.4. The number of rotatable bonds is 3. The smallest absolute Gasteiger partial charge is 0.0507 e. The summed E-state index contributed by atoms with van der Waals surface area (Å²) < 4.78 is 0. The van der Waals surface area contributed by atoms with E-state index in [1.54, 1.807) is 0 Å². The van der Waals surface area contributed by atoms with Crippen LogP contribution in [-0.4, -0.2) is 8.07 Å². The van der Waals surface area contributed by atoms with E-state index in [0.29, 0.717) is 0 Å². The highest BCUT2D eigenvalue weighted by Crippen LogP contribution is 2.41. The molecule has 1 saturated carbocycles.